The van der Waals surface area contributed by atoms with E-state index in [1.807, 2.05) is 0 Å². The molecule has 0 spiro atoms. The number of hydrogen-bond donors (Lipinski definition) is 4. The Balaban J connectivity index is -0.00000308. The van der Waals surface area contributed by atoms with E-state index in [0.29, 0.717) is 5.56 Å². The van der Waals surface area contributed by atoms with E-state index < -0.39 is 56.6 Å². The monoisotopic (exact) mass is 677 g/mol. The first-order valence-electron chi connectivity index (χ1n) is 11.0. The molecule has 43 heavy (non-hydrogen) atoms. The molecule has 0 fully saturated rings. The molecule has 0 radical (unpaired) electrons. The molecule has 0 saturated heterocycles. The summed E-state index contributed by atoms with van der Waals surface area (Å²) >= 11 is 0. The third-order valence-electron chi connectivity index (χ3n) is 5.52. The molecule has 4 aromatic carbocycles. The maximum Gasteiger partial charge on any atom is 1.00 e. The maximum atomic E-state index is 12.8. The first-order valence-corrected chi connectivity index (χ1v) is 15.3. The van der Waals surface area contributed by atoms with Crippen LogP contribution in [0.1, 0.15) is 20.2 Å². The van der Waals surface area contributed by atoms with E-state index in [1.165, 1.54) is 24.3 Å². The van der Waals surface area contributed by atoms with E-state index in [0.717, 1.165) is 30.3 Å². The molecule has 0 aliphatic rings. The van der Waals surface area contributed by atoms with Gasteiger partial charge in [-0.05, 0) is 66.4 Å². The zero-order valence-electron chi connectivity index (χ0n) is 26.2. The average Bonchev–Trinajstić information content (AvgIpc) is 2.86. The van der Waals surface area contributed by atoms with E-state index in [-0.39, 0.29) is 121 Å². The molecule has 4 aromatic rings. The van der Waals surface area contributed by atoms with Gasteiger partial charge in [0.1, 0.15) is 21.2 Å². The van der Waals surface area contributed by atoms with Crippen LogP contribution in [0.15, 0.2) is 97.7 Å². The van der Waals surface area contributed by atoms with Gasteiger partial charge < -0.3 is 9.60 Å². The minimum atomic E-state index is -5.02. The van der Waals surface area contributed by atoms with E-state index in [4.69, 9.17) is 0 Å². The van der Waals surface area contributed by atoms with Gasteiger partial charge in [-0.3, -0.25) is 18.5 Å². The standard InChI is InChI=1S/C24H19N3O10S3.3Na.3H/c1-14-7-8-19(22(9-14)39(32,33)34)26-27-21-13-18-16(11-23(21)40(35,36)37)10-17(38(29,30)31)12-20(18)25-24(28)15-5-3-2-4-6-15;;;;;;/h2-13H,1H3,(H,25,28)(H,29,30,31)(H,32,33,34)(H,35,36,37);;;;;;/q;3*+1;3*-1. The molecule has 0 aromatic heterocycles. The van der Waals surface area contributed by atoms with Crippen molar-refractivity contribution in [2.75, 3.05) is 5.32 Å². The fraction of sp³-hybridized carbons (Fsp3) is 0.0417. The number of carbonyl (C=O) groups is 1. The molecule has 19 heteroatoms. The van der Waals surface area contributed by atoms with Crippen LogP contribution < -0.4 is 94.0 Å². The van der Waals surface area contributed by atoms with Gasteiger partial charge in [0, 0.05) is 10.9 Å². The second kappa shape index (κ2) is 15.5. The van der Waals surface area contributed by atoms with Gasteiger partial charge in [-0.25, -0.2) is 0 Å². The van der Waals surface area contributed by atoms with Crippen LogP contribution in [0.3, 0.4) is 0 Å². The Morgan fingerprint density at radius 1 is 0.698 bits per heavy atom. The Bertz CT molecular complexity index is 2060. The smallest absolute Gasteiger partial charge is 1.00 e. The number of rotatable bonds is 7. The summed E-state index contributed by atoms with van der Waals surface area (Å²) in [4.78, 5) is 10.7. The summed E-state index contributed by atoms with van der Waals surface area (Å²) in [5, 5.41) is 9.91. The van der Waals surface area contributed by atoms with Gasteiger partial charge in [-0.2, -0.15) is 25.3 Å². The van der Waals surface area contributed by atoms with Gasteiger partial charge in [0.25, 0.3) is 36.3 Å². The summed E-state index contributed by atoms with van der Waals surface area (Å²) in [6.45, 7) is 1.56. The molecular formula is C24H22N3Na3O10S3. The molecule has 0 atom stereocenters. The quantitative estimate of drug-likeness (QED) is 0.0843. The molecular weight excluding hydrogens is 655 g/mol. The van der Waals surface area contributed by atoms with E-state index >= 15 is 0 Å². The van der Waals surface area contributed by atoms with Crippen LogP contribution in [0.2, 0.25) is 0 Å². The van der Waals surface area contributed by atoms with Crippen LogP contribution in [0.5, 0.6) is 0 Å². The maximum absolute atomic E-state index is 12.8. The number of nitrogens with one attached hydrogen (secondary N) is 1. The predicted octanol–water partition coefficient (Wildman–Crippen LogP) is -4.09. The SMILES string of the molecule is Cc1ccc(N=Nc2cc3c(NC(=O)c4ccccc4)cc(S(=O)(=O)O)cc3cc2S(=O)(=O)O)c(S(=O)(=O)O)c1.[H-].[H-].[H-].[Na+].[Na+].[Na+]. The number of benzene rings is 4. The van der Waals surface area contributed by atoms with Crippen molar-refractivity contribution >= 4 is 64.1 Å². The van der Waals surface area contributed by atoms with Gasteiger partial charge >= 0.3 is 88.7 Å². The Hall–Kier alpha value is -1.06. The summed E-state index contributed by atoms with van der Waals surface area (Å²) in [7, 11) is -14.6. The normalized spacial score (nSPS) is 11.7. The third-order valence-corrected chi connectivity index (χ3v) is 8.12. The second-order valence-electron chi connectivity index (χ2n) is 8.43. The van der Waals surface area contributed by atoms with Crippen molar-refractivity contribution in [3.63, 3.8) is 0 Å². The van der Waals surface area contributed by atoms with Crippen molar-refractivity contribution in [3.05, 3.63) is 83.9 Å². The van der Waals surface area contributed by atoms with Crippen molar-refractivity contribution in [3.8, 4) is 0 Å². The summed E-state index contributed by atoms with van der Waals surface area (Å²) in [5.41, 5.74) is -0.393. The molecule has 0 unspecified atom stereocenters. The topological polar surface area (TPSA) is 217 Å². The number of aryl methyl sites for hydroxylation is 1. The van der Waals surface area contributed by atoms with Crippen molar-refractivity contribution in [2.24, 2.45) is 10.2 Å². The summed E-state index contributed by atoms with van der Waals surface area (Å²) in [6.07, 6.45) is 0. The number of amides is 1. The third kappa shape index (κ3) is 9.96. The van der Waals surface area contributed by atoms with Crippen LogP contribution in [0, 0.1) is 6.92 Å². The fourth-order valence-electron chi connectivity index (χ4n) is 3.69. The number of nitrogens with zero attached hydrogens (tertiary/aromatic N) is 2. The largest absolute Gasteiger partial charge is 1.00 e. The molecule has 1 amide bonds. The van der Waals surface area contributed by atoms with Crippen molar-refractivity contribution in [1.29, 1.82) is 0 Å². The van der Waals surface area contributed by atoms with Gasteiger partial charge in [0.15, 0.2) is 0 Å². The van der Waals surface area contributed by atoms with E-state index in [9.17, 15) is 43.7 Å². The molecule has 0 aliphatic carbocycles. The zero-order valence-corrected chi connectivity index (χ0v) is 31.7. The van der Waals surface area contributed by atoms with Gasteiger partial charge in [0.2, 0.25) is 0 Å². The number of anilines is 1. The molecule has 0 heterocycles. The molecule has 0 aliphatic heterocycles. The van der Waals surface area contributed by atoms with Crippen molar-refractivity contribution in [2.45, 2.75) is 21.6 Å². The van der Waals surface area contributed by atoms with Gasteiger partial charge in [-0.1, -0.05) is 24.3 Å². The summed E-state index contributed by atoms with van der Waals surface area (Å²) < 4.78 is 101. The Labute approximate surface area is 318 Å². The Morgan fingerprint density at radius 3 is 1.81 bits per heavy atom. The molecule has 4 rings (SSSR count). The number of carbonyl (C=O) groups excluding carboxylic acids is 1. The molecule has 4 N–H and O–H groups in total. The van der Waals surface area contributed by atoms with Crippen LogP contribution in [0.4, 0.5) is 17.1 Å². The number of fused-ring (bicyclic) bond motifs is 1. The minimum absolute atomic E-state index is 0. The Kier molecular flexibility index (Phi) is 14.4. The van der Waals surface area contributed by atoms with Gasteiger partial charge in [0.05, 0.1) is 10.6 Å². The summed E-state index contributed by atoms with van der Waals surface area (Å²) in [5.74, 6) is -0.672. The van der Waals surface area contributed by atoms with E-state index in [1.54, 1.807) is 25.1 Å². The van der Waals surface area contributed by atoms with Crippen molar-refractivity contribution < 1.29 is 137 Å². The average molecular weight is 678 g/mol. The van der Waals surface area contributed by atoms with Crippen LogP contribution >= 0.6 is 0 Å². The van der Waals surface area contributed by atoms with E-state index in [2.05, 4.69) is 15.5 Å². The van der Waals surface area contributed by atoms with Crippen molar-refractivity contribution in [1.82, 2.24) is 0 Å². The van der Waals surface area contributed by atoms with Gasteiger partial charge in [-0.15, -0.1) is 10.2 Å². The first kappa shape index (κ1) is 40.0. The first-order chi connectivity index (χ1) is 18.5. The predicted molar refractivity (Wildman–Crippen MR) is 146 cm³/mol. The Morgan fingerprint density at radius 2 is 1.26 bits per heavy atom. The number of azo groups is 1. The molecule has 13 nitrogen and oxygen atoms in total. The van der Waals surface area contributed by atoms with Crippen LogP contribution in [-0.2, 0) is 30.4 Å². The number of hydrogen-bond acceptors (Lipinski definition) is 9. The zero-order chi connectivity index (χ0) is 29.5. The second-order valence-corrected chi connectivity index (χ2v) is 12.6. The minimum Gasteiger partial charge on any atom is -1.00 e. The fourth-order valence-corrected chi connectivity index (χ4v) is 5.58. The van der Waals surface area contributed by atoms with Crippen LogP contribution in [0.25, 0.3) is 10.8 Å². The molecule has 0 saturated carbocycles. The molecule has 0 bridgehead atoms. The summed E-state index contributed by atoms with van der Waals surface area (Å²) in [6, 6.07) is 15.3. The van der Waals surface area contributed by atoms with Crippen LogP contribution in [-0.4, -0.2) is 44.8 Å². The molecule has 214 valence electrons.